The smallest absolute Gasteiger partial charge is 0.224 e. The largest absolute Gasteiger partial charge is 0.486 e. The van der Waals surface area contributed by atoms with Crippen LogP contribution in [-0.2, 0) is 4.79 Å². The molecule has 3 rings (SSSR count). The van der Waals surface area contributed by atoms with Crippen LogP contribution in [0.2, 0.25) is 0 Å². The lowest BCUT2D eigenvalue weighted by Crippen LogP contribution is -2.43. The molecule has 5 nitrogen and oxygen atoms in total. The summed E-state index contributed by atoms with van der Waals surface area (Å²) >= 11 is 0. The highest BCUT2D eigenvalue weighted by atomic mass is 16.6. The molecule has 0 aromatic heterocycles. The third kappa shape index (κ3) is 3.47. The quantitative estimate of drug-likeness (QED) is 0.911. The zero-order valence-electron chi connectivity index (χ0n) is 12.4. The van der Waals surface area contributed by atoms with Gasteiger partial charge in [-0.3, -0.25) is 4.79 Å². The molecule has 1 aromatic rings. The lowest BCUT2D eigenvalue weighted by Gasteiger charge is -2.30. The molecule has 0 aliphatic carbocycles. The minimum atomic E-state index is -0.106. The molecule has 0 bridgehead atoms. The Bertz CT molecular complexity index is 500. The van der Waals surface area contributed by atoms with E-state index in [-0.39, 0.29) is 12.0 Å². The molecule has 2 heterocycles. The van der Waals surface area contributed by atoms with E-state index < -0.39 is 0 Å². The highest BCUT2D eigenvalue weighted by Crippen LogP contribution is 2.30. The molecule has 2 unspecified atom stereocenters. The van der Waals surface area contributed by atoms with Crippen LogP contribution in [0, 0.1) is 0 Å². The standard InChI is InChI=1S/C16H22N2O3/c1-18(16(19)9-12-5-4-8-17-12)10-13-11-20-14-6-2-3-7-15(14)21-13/h2-3,6-7,12-13,17H,4-5,8-11H2,1H3. The Morgan fingerprint density at radius 2 is 2.19 bits per heavy atom. The van der Waals surface area contributed by atoms with Gasteiger partial charge in [-0.2, -0.15) is 0 Å². The number of nitrogens with zero attached hydrogens (tertiary/aromatic N) is 1. The zero-order valence-corrected chi connectivity index (χ0v) is 12.4. The van der Waals surface area contributed by atoms with Gasteiger partial charge in [0.05, 0.1) is 6.54 Å². The van der Waals surface area contributed by atoms with Crippen molar-refractivity contribution in [2.24, 2.45) is 0 Å². The molecule has 0 spiro atoms. The third-order valence-corrected chi connectivity index (χ3v) is 4.05. The summed E-state index contributed by atoms with van der Waals surface area (Å²) in [6, 6.07) is 7.97. The lowest BCUT2D eigenvalue weighted by atomic mass is 10.1. The number of amides is 1. The molecule has 1 fully saturated rings. The normalized spacial score (nSPS) is 23.9. The summed E-state index contributed by atoms with van der Waals surface area (Å²) in [4.78, 5) is 14.0. The summed E-state index contributed by atoms with van der Waals surface area (Å²) in [6.45, 7) is 2.06. The summed E-state index contributed by atoms with van der Waals surface area (Å²) in [5, 5.41) is 3.36. The number of fused-ring (bicyclic) bond motifs is 1. The van der Waals surface area contributed by atoms with Crippen molar-refractivity contribution in [1.82, 2.24) is 10.2 Å². The van der Waals surface area contributed by atoms with E-state index in [1.807, 2.05) is 31.3 Å². The van der Waals surface area contributed by atoms with Gasteiger partial charge in [0.2, 0.25) is 5.91 Å². The van der Waals surface area contributed by atoms with E-state index in [1.165, 1.54) is 0 Å². The molecule has 21 heavy (non-hydrogen) atoms. The van der Waals surface area contributed by atoms with Gasteiger partial charge in [0.25, 0.3) is 0 Å². The summed E-state index contributed by atoms with van der Waals surface area (Å²) in [6.07, 6.45) is 2.72. The zero-order chi connectivity index (χ0) is 14.7. The Kier molecular flexibility index (Phi) is 4.29. The van der Waals surface area contributed by atoms with Gasteiger partial charge in [0.1, 0.15) is 6.61 Å². The molecule has 1 saturated heterocycles. The van der Waals surface area contributed by atoms with Crippen molar-refractivity contribution >= 4 is 5.91 Å². The van der Waals surface area contributed by atoms with Gasteiger partial charge in [-0.1, -0.05) is 12.1 Å². The van der Waals surface area contributed by atoms with Crippen LogP contribution in [0.1, 0.15) is 19.3 Å². The number of carbonyl (C=O) groups is 1. The number of carbonyl (C=O) groups excluding carboxylic acids is 1. The van der Waals surface area contributed by atoms with Gasteiger partial charge in [0.15, 0.2) is 17.6 Å². The Morgan fingerprint density at radius 1 is 1.38 bits per heavy atom. The maximum Gasteiger partial charge on any atom is 0.224 e. The third-order valence-electron chi connectivity index (χ3n) is 4.05. The van der Waals surface area contributed by atoms with Gasteiger partial charge in [-0.05, 0) is 31.5 Å². The van der Waals surface area contributed by atoms with Crippen molar-refractivity contribution in [1.29, 1.82) is 0 Å². The second kappa shape index (κ2) is 6.35. The highest BCUT2D eigenvalue weighted by molar-refractivity contribution is 5.76. The van der Waals surface area contributed by atoms with Crippen molar-refractivity contribution < 1.29 is 14.3 Å². The monoisotopic (exact) mass is 290 g/mol. The van der Waals surface area contributed by atoms with Crippen LogP contribution in [0.3, 0.4) is 0 Å². The van der Waals surface area contributed by atoms with Gasteiger partial charge in [-0.25, -0.2) is 0 Å². The van der Waals surface area contributed by atoms with Crippen LogP contribution >= 0.6 is 0 Å². The Balaban J connectivity index is 1.51. The predicted molar refractivity (Wildman–Crippen MR) is 79.6 cm³/mol. The number of rotatable bonds is 4. The number of hydrogen-bond donors (Lipinski definition) is 1. The Hall–Kier alpha value is -1.75. The SMILES string of the molecule is CN(CC1COc2ccccc2O1)C(=O)CC1CCCN1. The molecule has 1 aromatic carbocycles. The molecular weight excluding hydrogens is 268 g/mol. The van der Waals surface area contributed by atoms with E-state index in [1.54, 1.807) is 4.90 Å². The van der Waals surface area contributed by atoms with Crippen LogP contribution < -0.4 is 14.8 Å². The van der Waals surface area contributed by atoms with E-state index in [9.17, 15) is 4.79 Å². The maximum absolute atomic E-state index is 12.2. The Labute approximate surface area is 125 Å². The van der Waals surface area contributed by atoms with E-state index in [2.05, 4.69) is 5.32 Å². The summed E-state index contributed by atoms with van der Waals surface area (Å²) in [5.41, 5.74) is 0. The number of nitrogens with one attached hydrogen (secondary N) is 1. The first kappa shape index (κ1) is 14.2. The molecular formula is C16H22N2O3. The van der Waals surface area contributed by atoms with Gasteiger partial charge in [-0.15, -0.1) is 0 Å². The van der Waals surface area contributed by atoms with Crippen LogP contribution in [-0.4, -0.2) is 49.7 Å². The highest BCUT2D eigenvalue weighted by Gasteiger charge is 2.25. The van der Waals surface area contributed by atoms with E-state index in [0.29, 0.717) is 25.6 Å². The van der Waals surface area contributed by atoms with Gasteiger partial charge >= 0.3 is 0 Å². The van der Waals surface area contributed by atoms with Gasteiger partial charge in [0, 0.05) is 19.5 Å². The maximum atomic E-state index is 12.2. The molecule has 5 heteroatoms. The minimum Gasteiger partial charge on any atom is -0.486 e. The summed E-state index contributed by atoms with van der Waals surface area (Å²) < 4.78 is 11.6. The van der Waals surface area contributed by atoms with Crippen LogP contribution in [0.5, 0.6) is 11.5 Å². The van der Waals surface area contributed by atoms with E-state index in [4.69, 9.17) is 9.47 Å². The van der Waals surface area contributed by atoms with Crippen LogP contribution in [0.4, 0.5) is 0 Å². The number of hydrogen-bond acceptors (Lipinski definition) is 4. The number of para-hydroxylation sites is 2. The van der Waals surface area contributed by atoms with Crippen molar-refractivity contribution in [3.63, 3.8) is 0 Å². The fourth-order valence-electron chi connectivity index (χ4n) is 2.86. The first-order valence-corrected chi connectivity index (χ1v) is 7.58. The molecule has 0 radical (unpaired) electrons. The summed E-state index contributed by atoms with van der Waals surface area (Å²) in [7, 11) is 1.83. The number of benzene rings is 1. The number of ether oxygens (including phenoxy) is 2. The Morgan fingerprint density at radius 3 is 2.95 bits per heavy atom. The minimum absolute atomic E-state index is 0.106. The fourth-order valence-corrected chi connectivity index (χ4v) is 2.86. The molecule has 2 aliphatic rings. The fraction of sp³-hybridized carbons (Fsp3) is 0.562. The first-order valence-electron chi connectivity index (χ1n) is 7.58. The van der Waals surface area contributed by atoms with E-state index in [0.717, 1.165) is 30.9 Å². The van der Waals surface area contributed by atoms with Crippen LogP contribution in [0.15, 0.2) is 24.3 Å². The van der Waals surface area contributed by atoms with E-state index >= 15 is 0 Å². The van der Waals surface area contributed by atoms with Crippen molar-refractivity contribution in [2.45, 2.75) is 31.4 Å². The van der Waals surface area contributed by atoms with Crippen molar-refractivity contribution in [3.8, 4) is 11.5 Å². The molecule has 1 amide bonds. The molecule has 0 saturated carbocycles. The second-order valence-electron chi connectivity index (χ2n) is 5.77. The average molecular weight is 290 g/mol. The molecule has 114 valence electrons. The lowest BCUT2D eigenvalue weighted by molar-refractivity contribution is -0.131. The first-order chi connectivity index (χ1) is 10.2. The molecule has 1 N–H and O–H groups in total. The average Bonchev–Trinajstić information content (AvgIpc) is 3.00. The molecule has 2 aliphatic heterocycles. The summed E-state index contributed by atoms with van der Waals surface area (Å²) in [5.74, 6) is 1.70. The van der Waals surface area contributed by atoms with Crippen LogP contribution in [0.25, 0.3) is 0 Å². The van der Waals surface area contributed by atoms with Gasteiger partial charge < -0.3 is 19.7 Å². The number of likely N-dealkylation sites (N-methyl/N-ethyl adjacent to an activating group) is 1. The van der Waals surface area contributed by atoms with Crippen molar-refractivity contribution in [3.05, 3.63) is 24.3 Å². The topological polar surface area (TPSA) is 50.8 Å². The van der Waals surface area contributed by atoms with Crippen molar-refractivity contribution in [2.75, 3.05) is 26.7 Å². The predicted octanol–water partition coefficient (Wildman–Crippen LogP) is 1.43. The molecule has 2 atom stereocenters. The second-order valence-corrected chi connectivity index (χ2v) is 5.77.